The van der Waals surface area contributed by atoms with Gasteiger partial charge >= 0.3 is 0 Å². The predicted molar refractivity (Wildman–Crippen MR) is 109 cm³/mol. The molecule has 0 aliphatic carbocycles. The molecule has 2 aromatic heterocycles. The Morgan fingerprint density at radius 1 is 0.964 bits per heavy atom. The zero-order valence-electron chi connectivity index (χ0n) is 16.3. The summed E-state index contributed by atoms with van der Waals surface area (Å²) in [4.78, 5) is 36.5. The number of piperazine rings is 1. The number of amides is 1. The topological polar surface area (TPSA) is 78.4 Å². The number of benzene rings is 1. The quantitative estimate of drug-likeness (QED) is 0.688. The van der Waals surface area contributed by atoms with Crippen molar-refractivity contribution in [1.29, 1.82) is 0 Å². The summed E-state index contributed by atoms with van der Waals surface area (Å²) in [5.74, 6) is 2.57. The van der Waals surface area contributed by atoms with Crippen LogP contribution in [0.3, 0.4) is 0 Å². The van der Waals surface area contributed by atoms with Gasteiger partial charge in [0.25, 0.3) is 5.91 Å². The lowest BCUT2D eigenvalue weighted by molar-refractivity contribution is 0.0746. The van der Waals surface area contributed by atoms with Gasteiger partial charge in [0.1, 0.15) is 17.5 Å². The van der Waals surface area contributed by atoms with Crippen LogP contribution in [0.2, 0.25) is 0 Å². The van der Waals surface area contributed by atoms with Crippen LogP contribution >= 0.6 is 0 Å². The van der Waals surface area contributed by atoms with Crippen molar-refractivity contribution in [2.24, 2.45) is 0 Å². The normalized spacial score (nSPS) is 14.4. The molecule has 3 heterocycles. The van der Waals surface area contributed by atoms with Crippen molar-refractivity contribution in [1.82, 2.24) is 24.8 Å². The molecule has 1 aliphatic heterocycles. The van der Waals surface area contributed by atoms with Crippen LogP contribution in [0, 0.1) is 6.92 Å². The summed E-state index contributed by atoms with van der Waals surface area (Å²) in [6.07, 6.45) is 3.29. The Hall–Kier alpha value is -3.29. The maximum Gasteiger partial charge on any atom is 0.254 e. The minimum Gasteiger partial charge on any atom is -0.363 e. The Bertz CT molecular complexity index is 1010. The molecule has 1 aliphatic rings. The Kier molecular flexibility index (Phi) is 4.77. The van der Waals surface area contributed by atoms with E-state index in [1.807, 2.05) is 55.1 Å². The summed E-state index contributed by atoms with van der Waals surface area (Å²) in [6, 6.07) is 7.47. The van der Waals surface area contributed by atoms with E-state index in [1.165, 1.54) is 0 Å². The zero-order valence-corrected chi connectivity index (χ0v) is 16.3. The van der Waals surface area contributed by atoms with E-state index in [2.05, 4.69) is 24.8 Å². The van der Waals surface area contributed by atoms with Gasteiger partial charge in [0.05, 0.1) is 11.0 Å². The molecule has 0 atom stereocenters. The Morgan fingerprint density at radius 3 is 2.39 bits per heavy atom. The molecule has 0 radical (unpaired) electrons. The summed E-state index contributed by atoms with van der Waals surface area (Å²) in [7, 11) is 3.94. The summed E-state index contributed by atoms with van der Waals surface area (Å²) >= 11 is 0. The largest absolute Gasteiger partial charge is 0.363 e. The fourth-order valence-corrected chi connectivity index (χ4v) is 3.35. The number of hydrogen-bond acceptors (Lipinski definition) is 7. The first-order valence-corrected chi connectivity index (χ1v) is 9.29. The highest BCUT2D eigenvalue weighted by atomic mass is 16.2. The number of fused-ring (bicyclic) bond motifs is 1. The van der Waals surface area contributed by atoms with E-state index in [0.29, 0.717) is 18.7 Å². The fraction of sp³-hybridized carbons (Fsp3) is 0.350. The van der Waals surface area contributed by atoms with Gasteiger partial charge in [-0.1, -0.05) is 0 Å². The van der Waals surface area contributed by atoms with Crippen LogP contribution in [0.5, 0.6) is 0 Å². The van der Waals surface area contributed by atoms with Crippen molar-refractivity contribution in [3.8, 4) is 0 Å². The number of carbonyl (C=O) groups excluding carboxylic acids is 1. The number of hydrogen-bond donors (Lipinski definition) is 0. The van der Waals surface area contributed by atoms with E-state index in [1.54, 1.807) is 12.4 Å². The molecule has 1 saturated heterocycles. The summed E-state index contributed by atoms with van der Waals surface area (Å²) in [5.41, 5.74) is 2.17. The van der Waals surface area contributed by atoms with E-state index in [0.717, 1.165) is 41.6 Å². The van der Waals surface area contributed by atoms with Crippen molar-refractivity contribution < 1.29 is 4.79 Å². The van der Waals surface area contributed by atoms with Gasteiger partial charge in [-0.25, -0.2) is 9.97 Å². The first-order valence-electron chi connectivity index (χ1n) is 9.29. The number of aryl methyl sites for hydroxylation is 1. The van der Waals surface area contributed by atoms with Crippen LogP contribution in [0.15, 0.2) is 36.7 Å². The lowest BCUT2D eigenvalue weighted by Crippen LogP contribution is -2.49. The highest BCUT2D eigenvalue weighted by Crippen LogP contribution is 2.20. The third kappa shape index (κ3) is 3.58. The van der Waals surface area contributed by atoms with Gasteiger partial charge in [-0.05, 0) is 25.1 Å². The minimum absolute atomic E-state index is 0.0278. The first kappa shape index (κ1) is 18.1. The molecule has 28 heavy (non-hydrogen) atoms. The predicted octanol–water partition coefficient (Wildman–Crippen LogP) is 1.76. The fourth-order valence-electron chi connectivity index (χ4n) is 3.35. The van der Waals surface area contributed by atoms with Gasteiger partial charge in [0.15, 0.2) is 0 Å². The Labute approximate surface area is 163 Å². The second-order valence-corrected chi connectivity index (χ2v) is 7.07. The van der Waals surface area contributed by atoms with Crippen LogP contribution in [-0.2, 0) is 0 Å². The standard InChI is InChI=1S/C20H23N7O/c1-14-23-18(25(2)3)13-19(24-14)26-8-10-27(11-9-26)20(28)15-4-5-16-17(12-15)22-7-6-21-16/h4-7,12-13H,8-11H2,1-3H3. The highest BCUT2D eigenvalue weighted by molar-refractivity contribution is 5.97. The third-order valence-corrected chi connectivity index (χ3v) is 4.88. The van der Waals surface area contributed by atoms with E-state index >= 15 is 0 Å². The summed E-state index contributed by atoms with van der Waals surface area (Å²) in [6.45, 7) is 4.68. The van der Waals surface area contributed by atoms with Crippen LogP contribution in [0.25, 0.3) is 11.0 Å². The average Bonchev–Trinajstić information content (AvgIpc) is 2.72. The second-order valence-electron chi connectivity index (χ2n) is 7.07. The maximum absolute atomic E-state index is 12.9. The zero-order chi connectivity index (χ0) is 19.7. The van der Waals surface area contributed by atoms with Crippen molar-refractivity contribution in [2.75, 3.05) is 50.1 Å². The number of carbonyl (C=O) groups is 1. The summed E-state index contributed by atoms with van der Waals surface area (Å²) in [5, 5.41) is 0. The molecular weight excluding hydrogens is 354 g/mol. The van der Waals surface area contributed by atoms with Gasteiger partial charge in [-0.15, -0.1) is 0 Å². The van der Waals surface area contributed by atoms with Crippen LogP contribution in [0.4, 0.5) is 11.6 Å². The van der Waals surface area contributed by atoms with Gasteiger partial charge in [-0.3, -0.25) is 14.8 Å². The molecule has 0 spiro atoms. The molecule has 3 aromatic rings. The molecule has 8 heteroatoms. The number of nitrogens with zero attached hydrogens (tertiary/aromatic N) is 7. The molecule has 0 bridgehead atoms. The second kappa shape index (κ2) is 7.38. The SMILES string of the molecule is Cc1nc(N(C)C)cc(N2CCN(C(=O)c3ccc4nccnc4c3)CC2)n1. The van der Waals surface area contributed by atoms with E-state index in [9.17, 15) is 4.79 Å². The van der Waals surface area contributed by atoms with Crippen molar-refractivity contribution in [2.45, 2.75) is 6.92 Å². The molecule has 1 amide bonds. The summed E-state index contributed by atoms with van der Waals surface area (Å²) < 4.78 is 0. The molecule has 4 rings (SSSR count). The van der Waals surface area contributed by atoms with E-state index in [-0.39, 0.29) is 5.91 Å². The van der Waals surface area contributed by atoms with E-state index in [4.69, 9.17) is 0 Å². The van der Waals surface area contributed by atoms with Crippen LogP contribution < -0.4 is 9.80 Å². The smallest absolute Gasteiger partial charge is 0.254 e. The Balaban J connectivity index is 1.47. The van der Waals surface area contributed by atoms with Gasteiger partial charge < -0.3 is 14.7 Å². The number of rotatable bonds is 3. The molecule has 0 unspecified atom stereocenters. The molecule has 1 fully saturated rings. The number of aromatic nitrogens is 4. The van der Waals surface area contributed by atoms with Crippen molar-refractivity contribution in [3.63, 3.8) is 0 Å². The monoisotopic (exact) mass is 377 g/mol. The molecular formula is C20H23N7O. The molecule has 0 N–H and O–H groups in total. The number of anilines is 2. The van der Waals surface area contributed by atoms with Crippen LogP contribution in [-0.4, -0.2) is 71.0 Å². The van der Waals surface area contributed by atoms with Gasteiger partial charge in [0.2, 0.25) is 0 Å². The first-order chi connectivity index (χ1) is 13.5. The highest BCUT2D eigenvalue weighted by Gasteiger charge is 2.23. The van der Waals surface area contributed by atoms with Crippen molar-refractivity contribution >= 4 is 28.6 Å². The average molecular weight is 377 g/mol. The van der Waals surface area contributed by atoms with Gasteiger partial charge in [0, 0.05) is 64.3 Å². The minimum atomic E-state index is 0.0278. The van der Waals surface area contributed by atoms with Crippen LogP contribution in [0.1, 0.15) is 16.2 Å². The molecule has 1 aromatic carbocycles. The van der Waals surface area contributed by atoms with Crippen molar-refractivity contribution in [3.05, 3.63) is 48.0 Å². The maximum atomic E-state index is 12.9. The molecule has 0 saturated carbocycles. The Morgan fingerprint density at radius 2 is 1.68 bits per heavy atom. The van der Waals surface area contributed by atoms with E-state index < -0.39 is 0 Å². The molecule has 144 valence electrons. The molecule has 8 nitrogen and oxygen atoms in total. The third-order valence-electron chi connectivity index (χ3n) is 4.88. The lowest BCUT2D eigenvalue weighted by Gasteiger charge is -2.35. The van der Waals surface area contributed by atoms with Gasteiger partial charge in [-0.2, -0.15) is 0 Å². The lowest BCUT2D eigenvalue weighted by atomic mass is 10.1.